The number of halogens is 1. The molecule has 0 bridgehead atoms. The summed E-state index contributed by atoms with van der Waals surface area (Å²) in [4.78, 5) is 21.9. The van der Waals surface area contributed by atoms with E-state index in [9.17, 15) is 9.18 Å². The van der Waals surface area contributed by atoms with E-state index >= 15 is 0 Å². The van der Waals surface area contributed by atoms with Crippen molar-refractivity contribution < 1.29 is 13.9 Å². The van der Waals surface area contributed by atoms with Crippen molar-refractivity contribution in [2.45, 2.75) is 38.0 Å². The van der Waals surface area contributed by atoms with Gasteiger partial charge in [0, 0.05) is 44.3 Å². The Hall–Kier alpha value is -3.69. The molecule has 1 saturated heterocycles. The number of ether oxygens (including phenoxy) is 1. The number of amides is 1. The third kappa shape index (κ3) is 4.60. The highest BCUT2D eigenvalue weighted by Crippen LogP contribution is 2.38. The summed E-state index contributed by atoms with van der Waals surface area (Å²) in [6.07, 6.45) is 8.29. The zero-order chi connectivity index (χ0) is 25.5. The second-order valence-electron chi connectivity index (χ2n) is 10.1. The van der Waals surface area contributed by atoms with Crippen molar-refractivity contribution >= 4 is 23.1 Å². The quantitative estimate of drug-likeness (QED) is 0.552. The van der Waals surface area contributed by atoms with Gasteiger partial charge in [0.25, 0.3) is 5.91 Å². The Morgan fingerprint density at radius 1 is 1.24 bits per heavy atom. The lowest BCUT2D eigenvalue weighted by Crippen LogP contribution is -2.32. The number of aromatic nitrogens is 1. The fraction of sp³-hybridized carbons (Fsp3) is 0.357. The number of pyridine rings is 1. The van der Waals surface area contributed by atoms with Crippen LogP contribution in [0.5, 0.6) is 0 Å². The van der Waals surface area contributed by atoms with Crippen molar-refractivity contribution in [1.82, 2.24) is 25.4 Å². The zero-order valence-corrected chi connectivity index (χ0v) is 21.1. The highest BCUT2D eigenvalue weighted by atomic mass is 19.1. The monoisotopic (exact) mass is 502 g/mol. The average molecular weight is 503 g/mol. The molecule has 8 nitrogen and oxygen atoms in total. The van der Waals surface area contributed by atoms with E-state index in [4.69, 9.17) is 9.72 Å². The van der Waals surface area contributed by atoms with Gasteiger partial charge < -0.3 is 30.5 Å². The number of hydrogen-bond donors (Lipinski definition) is 3. The number of allylic oxidation sites excluding steroid dienone is 2. The third-order valence-electron chi connectivity index (χ3n) is 7.26. The van der Waals surface area contributed by atoms with E-state index in [1.54, 1.807) is 6.20 Å². The van der Waals surface area contributed by atoms with Gasteiger partial charge in [-0.05, 0) is 74.3 Å². The summed E-state index contributed by atoms with van der Waals surface area (Å²) in [5.74, 6) is 0.781. The van der Waals surface area contributed by atoms with Crippen LogP contribution in [0.25, 0.3) is 5.70 Å². The van der Waals surface area contributed by atoms with E-state index in [1.807, 2.05) is 37.3 Å². The van der Waals surface area contributed by atoms with Gasteiger partial charge in [-0.1, -0.05) is 6.07 Å². The minimum absolute atomic E-state index is 0.114. The Balaban J connectivity index is 1.34. The normalized spacial score (nSPS) is 20.8. The van der Waals surface area contributed by atoms with E-state index in [1.165, 1.54) is 17.7 Å². The minimum atomic E-state index is -0.272. The molecule has 3 N–H and O–H groups in total. The number of fused-ring (bicyclic) bond motifs is 2. The number of carbonyl (C=O) groups excluding carboxylic acids is 1. The fourth-order valence-corrected chi connectivity index (χ4v) is 5.52. The molecule has 1 aromatic heterocycles. The summed E-state index contributed by atoms with van der Waals surface area (Å²) in [5, 5.41) is 9.65. The molecule has 1 amide bonds. The fourth-order valence-electron chi connectivity index (χ4n) is 5.52. The number of anilines is 2. The van der Waals surface area contributed by atoms with Crippen LogP contribution in [0, 0.1) is 0 Å². The molecule has 0 aliphatic carbocycles. The van der Waals surface area contributed by atoms with Crippen molar-refractivity contribution in [2.24, 2.45) is 0 Å². The van der Waals surface area contributed by atoms with E-state index < -0.39 is 0 Å². The molecule has 1 fully saturated rings. The second kappa shape index (κ2) is 9.64. The molecular formula is C28H31FN6O2. The first-order valence-electron chi connectivity index (χ1n) is 12.7. The lowest BCUT2D eigenvalue weighted by molar-refractivity contribution is 0.0853. The molecule has 37 heavy (non-hydrogen) atoms. The summed E-state index contributed by atoms with van der Waals surface area (Å²) in [5.41, 5.74) is 6.34. The maximum Gasteiger partial charge on any atom is 0.254 e. The van der Waals surface area contributed by atoms with Crippen LogP contribution in [-0.4, -0.2) is 54.2 Å². The Morgan fingerprint density at radius 2 is 2.08 bits per heavy atom. The second-order valence-corrected chi connectivity index (χ2v) is 10.1. The molecule has 6 rings (SSSR count). The SMILES string of the molecule is CN(C)Cc1cc(C2CCOCC2)cc(Nc2ccc(C3=CNC4C=C(F)C=CN34)c3c2C(=O)NC3)n1. The summed E-state index contributed by atoms with van der Waals surface area (Å²) in [6.45, 7) is 2.70. The van der Waals surface area contributed by atoms with Crippen LogP contribution in [0.15, 0.2) is 54.6 Å². The van der Waals surface area contributed by atoms with E-state index in [2.05, 4.69) is 33.0 Å². The first-order valence-corrected chi connectivity index (χ1v) is 12.7. The number of rotatable bonds is 6. The highest BCUT2D eigenvalue weighted by molar-refractivity contribution is 6.05. The lowest BCUT2D eigenvalue weighted by atomic mass is 9.91. The molecule has 4 aliphatic heterocycles. The van der Waals surface area contributed by atoms with Crippen LogP contribution in [0.3, 0.4) is 0 Å². The summed E-state index contributed by atoms with van der Waals surface area (Å²) >= 11 is 0. The Bertz CT molecular complexity index is 1330. The van der Waals surface area contributed by atoms with Crippen LogP contribution in [0.4, 0.5) is 15.9 Å². The van der Waals surface area contributed by atoms with Gasteiger partial charge in [-0.15, -0.1) is 0 Å². The van der Waals surface area contributed by atoms with Gasteiger partial charge >= 0.3 is 0 Å². The molecule has 5 heterocycles. The van der Waals surface area contributed by atoms with Crippen molar-refractivity contribution in [3.63, 3.8) is 0 Å². The lowest BCUT2D eigenvalue weighted by Gasteiger charge is -2.27. The molecule has 192 valence electrons. The van der Waals surface area contributed by atoms with Crippen LogP contribution in [0.1, 0.15) is 51.5 Å². The van der Waals surface area contributed by atoms with E-state index in [-0.39, 0.29) is 17.9 Å². The third-order valence-corrected chi connectivity index (χ3v) is 7.26. The Kier molecular flexibility index (Phi) is 6.18. The topological polar surface area (TPSA) is 81.8 Å². The van der Waals surface area contributed by atoms with Crippen LogP contribution < -0.4 is 16.0 Å². The highest BCUT2D eigenvalue weighted by Gasteiger charge is 2.32. The van der Waals surface area contributed by atoms with Crippen molar-refractivity contribution in [1.29, 1.82) is 0 Å². The smallest absolute Gasteiger partial charge is 0.254 e. The maximum absolute atomic E-state index is 13.7. The maximum atomic E-state index is 13.7. The molecule has 0 spiro atoms. The zero-order valence-electron chi connectivity index (χ0n) is 21.1. The van der Waals surface area contributed by atoms with Gasteiger partial charge in [0.2, 0.25) is 0 Å². The molecule has 0 radical (unpaired) electrons. The van der Waals surface area contributed by atoms with Crippen LogP contribution in [0.2, 0.25) is 0 Å². The summed E-state index contributed by atoms with van der Waals surface area (Å²) < 4.78 is 19.3. The first kappa shape index (κ1) is 23.7. The summed E-state index contributed by atoms with van der Waals surface area (Å²) in [6, 6.07) is 8.26. The number of nitrogens with zero attached hydrogens (tertiary/aromatic N) is 3. The number of carbonyl (C=O) groups is 1. The van der Waals surface area contributed by atoms with E-state index in [0.29, 0.717) is 18.0 Å². The van der Waals surface area contributed by atoms with Gasteiger partial charge in [-0.25, -0.2) is 9.37 Å². The van der Waals surface area contributed by atoms with Gasteiger partial charge in [-0.2, -0.15) is 0 Å². The van der Waals surface area contributed by atoms with Crippen LogP contribution >= 0.6 is 0 Å². The van der Waals surface area contributed by atoms with Gasteiger partial charge in [0.15, 0.2) is 0 Å². The van der Waals surface area contributed by atoms with E-state index in [0.717, 1.165) is 66.6 Å². The minimum Gasteiger partial charge on any atom is -0.381 e. The molecule has 9 heteroatoms. The van der Waals surface area contributed by atoms with Gasteiger partial charge in [0.1, 0.15) is 17.8 Å². The average Bonchev–Trinajstić information content (AvgIpc) is 3.48. The number of benzene rings is 1. The predicted octanol–water partition coefficient (Wildman–Crippen LogP) is 3.93. The largest absolute Gasteiger partial charge is 0.381 e. The van der Waals surface area contributed by atoms with Crippen molar-refractivity contribution in [3.05, 3.63) is 82.6 Å². The molecular weight excluding hydrogens is 471 g/mol. The van der Waals surface area contributed by atoms with Gasteiger partial charge in [0.05, 0.1) is 22.6 Å². The first-order chi connectivity index (χ1) is 18.0. The number of hydrogen-bond acceptors (Lipinski definition) is 7. The molecule has 1 atom stereocenters. The van der Waals surface area contributed by atoms with Crippen molar-refractivity contribution in [2.75, 3.05) is 32.6 Å². The standard InChI is InChI=1S/C28H31FN6O2/c1-34(2)16-20-11-18(17-6-9-37-10-7-17)12-25(32-20)33-23-4-3-21(22-14-31-28(36)27(22)23)24-15-30-26-13-19(29)5-8-35(24)26/h3-5,8,11-13,15,17,26,30H,6-7,9-10,14,16H2,1-2H3,(H,31,36)(H,32,33). The van der Waals surface area contributed by atoms with Crippen molar-refractivity contribution in [3.8, 4) is 0 Å². The summed E-state index contributed by atoms with van der Waals surface area (Å²) in [7, 11) is 4.06. The number of nitrogens with one attached hydrogen (secondary N) is 3. The molecule has 1 aromatic carbocycles. The molecule has 4 aliphatic rings. The Labute approximate surface area is 215 Å². The Morgan fingerprint density at radius 3 is 2.89 bits per heavy atom. The predicted molar refractivity (Wildman–Crippen MR) is 140 cm³/mol. The molecule has 0 saturated carbocycles. The molecule has 1 unspecified atom stereocenters. The van der Waals surface area contributed by atoms with Gasteiger partial charge in [-0.3, -0.25) is 4.79 Å². The van der Waals surface area contributed by atoms with Crippen LogP contribution in [-0.2, 0) is 17.8 Å². The molecule has 2 aromatic rings.